The molecule has 0 amide bonds. The van der Waals surface area contributed by atoms with Crippen LogP contribution in [0.15, 0.2) is 122 Å². The molecule has 2 atom stereocenters. The zero-order chi connectivity index (χ0) is 65.5. The molecular weight excluding hydrogens is 1130 g/mol. The van der Waals surface area contributed by atoms with E-state index in [0.29, 0.717) is 17.4 Å². The van der Waals surface area contributed by atoms with Gasteiger partial charge < -0.3 is 18.9 Å². The van der Waals surface area contributed by atoms with Gasteiger partial charge >= 0.3 is 19.8 Å². The van der Waals surface area contributed by atoms with Crippen LogP contribution in [0.4, 0.5) is 0 Å². The maximum Gasteiger partial charge on any atom is 0.472 e. The fraction of sp³-hybridized carbons (Fsp3) is 0.725. The predicted octanol–water partition coefficient (Wildman–Crippen LogP) is 24.6. The van der Waals surface area contributed by atoms with Crippen molar-refractivity contribution in [2.24, 2.45) is 0 Å². The normalized spacial score (nSPS) is 13.8. The Kier molecular flexibility index (Phi) is 67.0. The summed E-state index contributed by atoms with van der Waals surface area (Å²) >= 11 is 0. The number of carbonyl (C=O) groups excluding carboxylic acids is 2. The quantitative estimate of drug-likeness (QED) is 0.0211. The highest BCUT2D eigenvalue weighted by Gasteiger charge is 2.27. The number of carbonyl (C=O) groups is 2. The molecular formula is C80H141NO8P+. The largest absolute Gasteiger partial charge is 0.472 e. The summed E-state index contributed by atoms with van der Waals surface area (Å²) in [6.45, 7) is 4.30. The van der Waals surface area contributed by atoms with Crippen LogP contribution in [0.25, 0.3) is 0 Å². The monoisotopic (exact) mass is 1280 g/mol. The Balaban J connectivity index is 4.04. The van der Waals surface area contributed by atoms with Crippen molar-refractivity contribution in [2.75, 3.05) is 47.5 Å². The number of esters is 2. The van der Waals surface area contributed by atoms with E-state index in [1.807, 2.05) is 21.1 Å². The average molecular weight is 1280 g/mol. The van der Waals surface area contributed by atoms with Gasteiger partial charge in [-0.1, -0.05) is 322 Å². The maximum absolute atomic E-state index is 12.9. The molecule has 0 aromatic rings. The molecule has 0 bridgehead atoms. The number of likely N-dealkylation sites (N-methyl/N-ethyl adjacent to an activating group) is 1. The smallest absolute Gasteiger partial charge is 0.462 e. The van der Waals surface area contributed by atoms with E-state index in [2.05, 4.69) is 135 Å². The fourth-order valence-electron chi connectivity index (χ4n) is 10.3. The summed E-state index contributed by atoms with van der Waals surface area (Å²) in [6, 6.07) is 0. The van der Waals surface area contributed by atoms with E-state index in [-0.39, 0.29) is 32.0 Å². The van der Waals surface area contributed by atoms with E-state index in [1.54, 1.807) is 0 Å². The summed E-state index contributed by atoms with van der Waals surface area (Å²) in [5, 5.41) is 0. The molecule has 0 saturated heterocycles. The number of quaternary nitrogens is 1. The van der Waals surface area contributed by atoms with Gasteiger partial charge in [0.15, 0.2) is 6.10 Å². The fourth-order valence-corrected chi connectivity index (χ4v) is 11.0. The molecule has 0 fully saturated rings. The second kappa shape index (κ2) is 69.7. The lowest BCUT2D eigenvalue weighted by Crippen LogP contribution is -2.37. The minimum absolute atomic E-state index is 0.0216. The number of nitrogens with zero attached hydrogens (tertiary/aromatic N) is 1. The topological polar surface area (TPSA) is 108 Å². The molecule has 0 aliphatic heterocycles. The molecule has 0 rings (SSSR count). The Labute approximate surface area is 556 Å². The maximum atomic E-state index is 12.9. The summed E-state index contributed by atoms with van der Waals surface area (Å²) < 4.78 is 34.7. The van der Waals surface area contributed by atoms with Crippen molar-refractivity contribution in [1.82, 2.24) is 0 Å². The van der Waals surface area contributed by atoms with Gasteiger partial charge in [0.2, 0.25) is 0 Å². The first-order chi connectivity index (χ1) is 44.0. The minimum Gasteiger partial charge on any atom is -0.462 e. The van der Waals surface area contributed by atoms with Gasteiger partial charge in [-0.3, -0.25) is 18.6 Å². The SMILES string of the molecule is CC/C=C\C/C=C\C/C=C\C/C=C\C/C=C\C/C=C\C/C=C\C/C=C\CCCCCCC(=O)OC(COC(=O)CCCCCCCCCCCCCCCCCCCCCCCCCCC/C=C\C/C=C\CCCCCCC)COP(=O)(O)OCC[N+](C)(C)C. The van der Waals surface area contributed by atoms with Crippen molar-refractivity contribution in [3.8, 4) is 0 Å². The molecule has 2 unspecified atom stereocenters. The highest BCUT2D eigenvalue weighted by atomic mass is 31.2. The lowest BCUT2D eigenvalue weighted by molar-refractivity contribution is -0.870. The summed E-state index contributed by atoms with van der Waals surface area (Å²) in [5.74, 6) is -0.822. The first kappa shape index (κ1) is 86.4. The van der Waals surface area contributed by atoms with E-state index >= 15 is 0 Å². The number of hydrogen-bond acceptors (Lipinski definition) is 7. The Morgan fingerprint density at radius 1 is 0.356 bits per heavy atom. The van der Waals surface area contributed by atoms with Crippen LogP contribution in [0.2, 0.25) is 0 Å². The third kappa shape index (κ3) is 73.5. The van der Waals surface area contributed by atoms with Crippen LogP contribution in [0.5, 0.6) is 0 Å². The third-order valence-electron chi connectivity index (χ3n) is 16.0. The summed E-state index contributed by atoms with van der Waals surface area (Å²) in [4.78, 5) is 35.9. The van der Waals surface area contributed by atoms with Crippen LogP contribution in [0, 0.1) is 0 Å². The van der Waals surface area contributed by atoms with E-state index in [0.717, 1.165) is 103 Å². The molecule has 0 saturated carbocycles. The number of allylic oxidation sites excluding steroid dienone is 20. The van der Waals surface area contributed by atoms with Crippen LogP contribution in [0.1, 0.15) is 322 Å². The molecule has 9 nitrogen and oxygen atoms in total. The van der Waals surface area contributed by atoms with Gasteiger partial charge in [0.05, 0.1) is 27.7 Å². The standard InChI is InChI=1S/C80H140NO8P/c1-6-8-10-12-14-16-18-20-22-24-26-28-30-32-34-36-37-38-39-40-41-42-43-45-46-48-50-52-54-56-58-60-62-64-66-68-70-72-79(82)86-76-78(77-88-90(84,85)87-75-74-81(3,4)5)89-80(83)73-71-69-67-65-63-61-59-57-55-53-51-49-47-44-35-33-31-29-27-25-23-21-19-17-15-13-11-9-7-2/h9,11,15,17-18,20-21,23-24,26-27,29,33,35,47,49,53,55,59,61,78H,6-8,10,12-14,16,19,22,25,28,30-32,34,36-46,48,50-52,54,56-58,60,62-77H2,1-5H3/p+1/b11-9-,17-15-,20-18-,23-21-,26-24-,29-27-,35-33-,49-47-,55-53-,61-59-. The van der Waals surface area contributed by atoms with Gasteiger partial charge in [0.1, 0.15) is 19.8 Å². The number of phosphoric ester groups is 1. The minimum atomic E-state index is -4.41. The van der Waals surface area contributed by atoms with E-state index in [9.17, 15) is 19.0 Å². The zero-order valence-corrected chi connectivity index (χ0v) is 60.0. The van der Waals surface area contributed by atoms with Crippen molar-refractivity contribution in [1.29, 1.82) is 0 Å². The second-order valence-corrected chi connectivity index (χ2v) is 27.4. The van der Waals surface area contributed by atoms with Gasteiger partial charge in [0.25, 0.3) is 0 Å². The number of phosphoric acid groups is 1. The Morgan fingerprint density at radius 2 is 0.633 bits per heavy atom. The lowest BCUT2D eigenvalue weighted by Gasteiger charge is -2.24. The van der Waals surface area contributed by atoms with Crippen LogP contribution in [-0.2, 0) is 32.7 Å². The number of rotatable bonds is 68. The first-order valence-electron chi connectivity index (χ1n) is 37.3. The Hall–Kier alpha value is -3.59. The molecule has 1 N–H and O–H groups in total. The Bertz CT molecular complexity index is 1940. The van der Waals surface area contributed by atoms with Gasteiger partial charge in [-0.15, -0.1) is 0 Å². The van der Waals surface area contributed by atoms with Gasteiger partial charge in [-0.25, -0.2) is 4.57 Å². The summed E-state index contributed by atoms with van der Waals surface area (Å²) in [5.41, 5.74) is 0. The van der Waals surface area contributed by atoms with Crippen molar-refractivity contribution < 1.29 is 42.1 Å². The predicted molar refractivity (Wildman–Crippen MR) is 390 cm³/mol. The Morgan fingerprint density at radius 3 is 0.944 bits per heavy atom. The molecule has 0 radical (unpaired) electrons. The van der Waals surface area contributed by atoms with E-state index in [1.165, 1.54) is 186 Å². The van der Waals surface area contributed by atoms with Crippen molar-refractivity contribution >= 4 is 19.8 Å². The van der Waals surface area contributed by atoms with Crippen molar-refractivity contribution in [3.05, 3.63) is 122 Å². The van der Waals surface area contributed by atoms with E-state index < -0.39 is 26.5 Å². The number of ether oxygens (including phenoxy) is 2. The third-order valence-corrected chi connectivity index (χ3v) is 17.0. The van der Waals surface area contributed by atoms with Gasteiger partial charge in [-0.05, 0) is 109 Å². The zero-order valence-electron chi connectivity index (χ0n) is 59.1. The number of unbranched alkanes of at least 4 members (excludes halogenated alkanes) is 34. The molecule has 518 valence electrons. The summed E-state index contributed by atoms with van der Waals surface area (Å²) in [6.07, 6.45) is 100. The second-order valence-electron chi connectivity index (χ2n) is 25.9. The molecule has 0 aliphatic carbocycles. The van der Waals surface area contributed by atoms with Crippen molar-refractivity contribution in [3.63, 3.8) is 0 Å². The van der Waals surface area contributed by atoms with Crippen LogP contribution in [-0.4, -0.2) is 74.9 Å². The van der Waals surface area contributed by atoms with Gasteiger partial charge in [-0.2, -0.15) is 0 Å². The van der Waals surface area contributed by atoms with Crippen LogP contribution in [0.3, 0.4) is 0 Å². The molecule has 0 aliphatic rings. The van der Waals surface area contributed by atoms with Crippen molar-refractivity contribution in [2.45, 2.75) is 328 Å². The molecule has 0 aromatic heterocycles. The summed E-state index contributed by atoms with van der Waals surface area (Å²) in [7, 11) is 1.45. The highest BCUT2D eigenvalue weighted by Crippen LogP contribution is 2.43. The lowest BCUT2D eigenvalue weighted by atomic mass is 10.0. The number of hydrogen-bond donors (Lipinski definition) is 1. The molecule has 10 heteroatoms. The molecule has 0 aromatic carbocycles. The van der Waals surface area contributed by atoms with E-state index in [4.69, 9.17) is 18.5 Å². The average Bonchev–Trinajstić information content (AvgIpc) is 3.58. The molecule has 0 spiro atoms. The van der Waals surface area contributed by atoms with Crippen LogP contribution < -0.4 is 0 Å². The molecule has 0 heterocycles. The first-order valence-corrected chi connectivity index (χ1v) is 38.8. The molecule has 90 heavy (non-hydrogen) atoms. The van der Waals surface area contributed by atoms with Gasteiger partial charge in [0, 0.05) is 12.8 Å². The van der Waals surface area contributed by atoms with Crippen LogP contribution >= 0.6 is 7.82 Å². The highest BCUT2D eigenvalue weighted by molar-refractivity contribution is 7.47.